The third-order valence-corrected chi connectivity index (χ3v) is 4.07. The molecule has 0 bridgehead atoms. The Hall–Kier alpha value is -0.780. The van der Waals surface area contributed by atoms with Crippen LogP contribution in [-0.4, -0.2) is 38.3 Å². The van der Waals surface area contributed by atoms with Gasteiger partial charge in [0.1, 0.15) is 13.2 Å². The zero-order valence-electron chi connectivity index (χ0n) is 13.3. The first-order valence-corrected chi connectivity index (χ1v) is 8.10. The first-order valence-electron chi connectivity index (χ1n) is 7.31. The van der Waals surface area contributed by atoms with Gasteiger partial charge in [0, 0.05) is 19.1 Å². The van der Waals surface area contributed by atoms with E-state index in [0.29, 0.717) is 19.8 Å². The normalized spacial score (nSPS) is 16.1. The van der Waals surface area contributed by atoms with E-state index in [1.165, 1.54) is 0 Å². The zero-order chi connectivity index (χ0) is 15.6. The van der Waals surface area contributed by atoms with Crippen molar-refractivity contribution in [3.05, 3.63) is 22.2 Å². The molecular formula is C16H25BrN2O2. The quantitative estimate of drug-likeness (QED) is 0.899. The summed E-state index contributed by atoms with van der Waals surface area (Å²) in [7, 11) is 2.12. The monoisotopic (exact) mass is 356 g/mol. The van der Waals surface area contributed by atoms with Crippen molar-refractivity contribution in [2.24, 2.45) is 11.1 Å². The molecule has 1 aliphatic heterocycles. The largest absolute Gasteiger partial charge is 0.486 e. The lowest BCUT2D eigenvalue weighted by Crippen LogP contribution is -2.36. The number of fused-ring (bicyclic) bond motifs is 1. The van der Waals surface area contributed by atoms with Gasteiger partial charge in [-0.2, -0.15) is 0 Å². The number of hydrogen-bond donors (Lipinski definition) is 1. The standard InChI is InChI=1S/C16H25BrN2O2/c1-16(2,3)10-19(4)13(9-18)11-7-12(17)15-14(8-11)20-5-6-21-15/h7-8,13H,5-6,9-10,18H2,1-4H3. The summed E-state index contributed by atoms with van der Waals surface area (Å²) in [6.07, 6.45) is 0. The van der Waals surface area contributed by atoms with Crippen LogP contribution in [0.2, 0.25) is 0 Å². The Morgan fingerprint density at radius 2 is 1.95 bits per heavy atom. The topological polar surface area (TPSA) is 47.7 Å². The third-order valence-electron chi connectivity index (χ3n) is 3.48. The first kappa shape index (κ1) is 16.6. The average molecular weight is 357 g/mol. The van der Waals surface area contributed by atoms with E-state index in [9.17, 15) is 0 Å². The molecule has 2 rings (SSSR count). The predicted octanol–water partition coefficient (Wildman–Crippen LogP) is 3.20. The maximum atomic E-state index is 6.02. The van der Waals surface area contributed by atoms with Crippen molar-refractivity contribution in [2.75, 3.05) is 33.4 Å². The van der Waals surface area contributed by atoms with E-state index in [4.69, 9.17) is 15.2 Å². The Kier molecular flexibility index (Phi) is 5.17. The third kappa shape index (κ3) is 4.11. The summed E-state index contributed by atoms with van der Waals surface area (Å²) in [5.41, 5.74) is 7.40. The van der Waals surface area contributed by atoms with Crippen molar-refractivity contribution in [1.82, 2.24) is 4.90 Å². The van der Waals surface area contributed by atoms with E-state index < -0.39 is 0 Å². The highest BCUT2D eigenvalue weighted by atomic mass is 79.9. The number of ether oxygens (including phenoxy) is 2. The summed E-state index contributed by atoms with van der Waals surface area (Å²) in [4.78, 5) is 2.30. The predicted molar refractivity (Wildman–Crippen MR) is 89.0 cm³/mol. The molecule has 0 saturated heterocycles. The molecule has 1 heterocycles. The maximum absolute atomic E-state index is 6.02. The van der Waals surface area contributed by atoms with Crippen LogP contribution >= 0.6 is 15.9 Å². The SMILES string of the molecule is CN(CC(C)(C)C)C(CN)c1cc(Br)c2c(c1)OCCO2. The highest BCUT2D eigenvalue weighted by molar-refractivity contribution is 9.10. The highest BCUT2D eigenvalue weighted by Crippen LogP contribution is 2.40. The van der Waals surface area contributed by atoms with Crippen LogP contribution in [0.5, 0.6) is 11.5 Å². The molecule has 2 N–H and O–H groups in total. The zero-order valence-corrected chi connectivity index (χ0v) is 14.9. The fraction of sp³-hybridized carbons (Fsp3) is 0.625. The number of nitrogens with two attached hydrogens (primary N) is 1. The molecule has 0 aliphatic carbocycles. The Morgan fingerprint density at radius 3 is 2.57 bits per heavy atom. The summed E-state index contributed by atoms with van der Waals surface area (Å²) in [5, 5.41) is 0. The number of nitrogens with zero attached hydrogens (tertiary/aromatic N) is 1. The lowest BCUT2D eigenvalue weighted by molar-refractivity contribution is 0.165. The summed E-state index contributed by atoms with van der Waals surface area (Å²) in [6, 6.07) is 4.30. The average Bonchev–Trinajstić information content (AvgIpc) is 2.37. The Morgan fingerprint density at radius 1 is 1.29 bits per heavy atom. The maximum Gasteiger partial charge on any atom is 0.175 e. The molecule has 1 aliphatic rings. The molecule has 1 aromatic carbocycles. The molecule has 5 heteroatoms. The van der Waals surface area contributed by atoms with E-state index in [1.807, 2.05) is 0 Å². The number of likely N-dealkylation sites (N-methyl/N-ethyl adjacent to an activating group) is 1. The van der Waals surface area contributed by atoms with E-state index in [-0.39, 0.29) is 11.5 Å². The summed E-state index contributed by atoms with van der Waals surface area (Å²) >= 11 is 3.58. The van der Waals surface area contributed by atoms with Crippen LogP contribution in [0.4, 0.5) is 0 Å². The molecule has 0 saturated carbocycles. The number of benzene rings is 1. The minimum absolute atomic E-state index is 0.163. The van der Waals surface area contributed by atoms with Gasteiger partial charge in [0.15, 0.2) is 11.5 Å². The molecule has 1 aromatic rings. The van der Waals surface area contributed by atoms with E-state index in [1.54, 1.807) is 0 Å². The molecule has 118 valence electrons. The van der Waals surface area contributed by atoms with Crippen molar-refractivity contribution in [3.8, 4) is 11.5 Å². The summed E-state index contributed by atoms with van der Waals surface area (Å²) < 4.78 is 12.3. The van der Waals surface area contributed by atoms with Gasteiger partial charge in [-0.25, -0.2) is 0 Å². The van der Waals surface area contributed by atoms with Crippen molar-refractivity contribution >= 4 is 15.9 Å². The fourth-order valence-corrected chi connectivity index (χ4v) is 3.33. The van der Waals surface area contributed by atoms with Gasteiger partial charge in [0.25, 0.3) is 0 Å². The Labute approximate surface area is 135 Å². The minimum atomic E-state index is 0.163. The van der Waals surface area contributed by atoms with Gasteiger partial charge in [-0.15, -0.1) is 0 Å². The van der Waals surface area contributed by atoms with Crippen molar-refractivity contribution in [2.45, 2.75) is 26.8 Å². The van der Waals surface area contributed by atoms with Gasteiger partial charge in [-0.1, -0.05) is 20.8 Å². The van der Waals surface area contributed by atoms with Crippen LogP contribution in [0.3, 0.4) is 0 Å². The van der Waals surface area contributed by atoms with Crippen molar-refractivity contribution in [1.29, 1.82) is 0 Å². The lowest BCUT2D eigenvalue weighted by atomic mass is 9.94. The van der Waals surface area contributed by atoms with E-state index >= 15 is 0 Å². The fourth-order valence-electron chi connectivity index (χ4n) is 2.75. The van der Waals surface area contributed by atoms with Gasteiger partial charge in [0.05, 0.1) is 4.47 Å². The minimum Gasteiger partial charge on any atom is -0.486 e. The molecule has 1 unspecified atom stereocenters. The second kappa shape index (κ2) is 6.55. The second-order valence-electron chi connectivity index (χ2n) is 6.75. The van der Waals surface area contributed by atoms with Crippen LogP contribution in [0, 0.1) is 5.41 Å². The number of hydrogen-bond acceptors (Lipinski definition) is 4. The van der Waals surface area contributed by atoms with E-state index in [2.05, 4.69) is 60.8 Å². The molecule has 0 radical (unpaired) electrons. The number of halogens is 1. The smallest absolute Gasteiger partial charge is 0.175 e. The molecule has 1 atom stereocenters. The highest BCUT2D eigenvalue weighted by Gasteiger charge is 2.24. The summed E-state index contributed by atoms with van der Waals surface area (Å²) in [6.45, 7) is 9.42. The molecular weight excluding hydrogens is 332 g/mol. The van der Waals surface area contributed by atoms with Gasteiger partial charge in [-0.05, 0) is 46.1 Å². The van der Waals surface area contributed by atoms with Gasteiger partial charge < -0.3 is 15.2 Å². The number of rotatable bonds is 4. The molecule has 21 heavy (non-hydrogen) atoms. The van der Waals surface area contributed by atoms with E-state index in [0.717, 1.165) is 28.1 Å². The van der Waals surface area contributed by atoms with Crippen LogP contribution in [0.15, 0.2) is 16.6 Å². The molecule has 0 fully saturated rings. The molecule has 0 amide bonds. The summed E-state index contributed by atoms with van der Waals surface area (Å²) in [5.74, 6) is 1.59. The Balaban J connectivity index is 2.28. The van der Waals surface area contributed by atoms with Gasteiger partial charge in [-0.3, -0.25) is 4.90 Å². The van der Waals surface area contributed by atoms with Crippen molar-refractivity contribution in [3.63, 3.8) is 0 Å². The first-order chi connectivity index (χ1) is 9.81. The van der Waals surface area contributed by atoms with Crippen LogP contribution < -0.4 is 15.2 Å². The van der Waals surface area contributed by atoms with Crippen LogP contribution in [0.1, 0.15) is 32.4 Å². The van der Waals surface area contributed by atoms with Crippen LogP contribution in [-0.2, 0) is 0 Å². The molecule has 0 aromatic heterocycles. The van der Waals surface area contributed by atoms with Crippen LogP contribution in [0.25, 0.3) is 0 Å². The van der Waals surface area contributed by atoms with Gasteiger partial charge >= 0.3 is 0 Å². The molecule has 0 spiro atoms. The lowest BCUT2D eigenvalue weighted by Gasteiger charge is -2.33. The van der Waals surface area contributed by atoms with Crippen molar-refractivity contribution < 1.29 is 9.47 Å². The Bertz CT molecular complexity index is 500. The second-order valence-corrected chi connectivity index (χ2v) is 7.61. The molecule has 4 nitrogen and oxygen atoms in total. The van der Waals surface area contributed by atoms with Gasteiger partial charge in [0.2, 0.25) is 0 Å².